The van der Waals surface area contributed by atoms with Crippen LogP contribution in [0.15, 0.2) is 60.7 Å². The van der Waals surface area contributed by atoms with Gasteiger partial charge in [-0.15, -0.1) is 0 Å². The van der Waals surface area contributed by atoms with Gasteiger partial charge < -0.3 is 0 Å². The molecule has 0 N–H and O–H groups in total. The second-order valence-electron chi connectivity index (χ2n) is 7.78. The van der Waals surface area contributed by atoms with Crippen LogP contribution >= 0.6 is 0 Å². The zero-order chi connectivity index (χ0) is 15.1. The molecule has 3 aliphatic rings. The van der Waals surface area contributed by atoms with Crippen molar-refractivity contribution in [3.63, 3.8) is 0 Å². The second-order valence-corrected chi connectivity index (χ2v) is 7.78. The standard InChI is InChI=1S/C21H20O/c1-20(2)16(13-9-5-3-6-10-13)15-17-18(19(15)22)21(17,20)14-11-7-4-8-12-14/h3-12,15-18H,1-2H3/t15-,16+,17-,18-,21-/m0/s1. The highest BCUT2D eigenvalue weighted by atomic mass is 16.1. The molecule has 3 saturated carbocycles. The largest absolute Gasteiger partial charge is 0.299 e. The van der Waals surface area contributed by atoms with Crippen molar-refractivity contribution in [3.8, 4) is 0 Å². The fourth-order valence-corrected chi connectivity index (χ4v) is 6.22. The molecule has 2 aromatic rings. The van der Waals surface area contributed by atoms with Gasteiger partial charge in [0.2, 0.25) is 0 Å². The van der Waals surface area contributed by atoms with Gasteiger partial charge in [0.05, 0.1) is 0 Å². The normalized spacial score (nSPS) is 40.0. The van der Waals surface area contributed by atoms with Crippen molar-refractivity contribution >= 4 is 5.78 Å². The summed E-state index contributed by atoms with van der Waals surface area (Å²) in [5.74, 6) is 1.97. The molecule has 1 nitrogen and oxygen atoms in total. The zero-order valence-electron chi connectivity index (χ0n) is 13.0. The zero-order valence-corrected chi connectivity index (χ0v) is 13.0. The first-order valence-corrected chi connectivity index (χ1v) is 8.26. The molecule has 0 spiro atoms. The maximum atomic E-state index is 12.7. The fraction of sp³-hybridized carbons (Fsp3) is 0.381. The van der Waals surface area contributed by atoms with Gasteiger partial charge in [0.15, 0.2) is 0 Å². The Morgan fingerprint density at radius 1 is 0.818 bits per heavy atom. The van der Waals surface area contributed by atoms with Gasteiger partial charge in [-0.1, -0.05) is 74.5 Å². The molecule has 0 radical (unpaired) electrons. The lowest BCUT2D eigenvalue weighted by Gasteiger charge is -2.45. The molecule has 0 bridgehead atoms. The molecule has 5 atom stereocenters. The minimum Gasteiger partial charge on any atom is -0.299 e. The molecular formula is C21H20O. The van der Waals surface area contributed by atoms with Gasteiger partial charge in [-0.2, -0.15) is 0 Å². The Labute approximate surface area is 131 Å². The van der Waals surface area contributed by atoms with Crippen LogP contribution in [-0.4, -0.2) is 5.78 Å². The summed E-state index contributed by atoms with van der Waals surface area (Å²) in [4.78, 5) is 12.7. The maximum absolute atomic E-state index is 12.7. The monoisotopic (exact) mass is 288 g/mol. The number of hydrogen-bond donors (Lipinski definition) is 0. The predicted molar refractivity (Wildman–Crippen MR) is 86.6 cm³/mol. The number of benzene rings is 2. The van der Waals surface area contributed by atoms with E-state index in [1.165, 1.54) is 11.1 Å². The number of ketones is 1. The Bertz CT molecular complexity index is 761. The predicted octanol–water partition coefficient (Wildman–Crippen LogP) is 4.19. The van der Waals surface area contributed by atoms with E-state index in [9.17, 15) is 4.79 Å². The van der Waals surface area contributed by atoms with Gasteiger partial charge in [-0.05, 0) is 28.4 Å². The van der Waals surface area contributed by atoms with Gasteiger partial charge >= 0.3 is 0 Å². The average Bonchev–Trinajstić information content (AvgIpc) is 3.15. The SMILES string of the molecule is CC1(C)[C@H](c2ccccc2)[C@@H]2C(=O)[C@@H]3[C@H]2[C@@]31c1ccccc1. The van der Waals surface area contributed by atoms with Crippen LogP contribution < -0.4 is 0 Å². The van der Waals surface area contributed by atoms with E-state index in [0.29, 0.717) is 17.6 Å². The number of carbonyl (C=O) groups excluding carboxylic acids is 1. The van der Waals surface area contributed by atoms with Crippen molar-refractivity contribution in [2.75, 3.05) is 0 Å². The highest BCUT2D eigenvalue weighted by Crippen LogP contribution is 2.88. The average molecular weight is 288 g/mol. The van der Waals surface area contributed by atoms with Crippen LogP contribution in [0.1, 0.15) is 30.9 Å². The molecule has 110 valence electrons. The molecule has 1 heteroatoms. The highest BCUT2D eigenvalue weighted by Gasteiger charge is 2.91. The smallest absolute Gasteiger partial charge is 0.141 e. The third-order valence-electron chi connectivity index (χ3n) is 6.90. The van der Waals surface area contributed by atoms with Gasteiger partial charge in [-0.3, -0.25) is 4.79 Å². The number of fused-ring (bicyclic) bond motifs is 1. The summed E-state index contributed by atoms with van der Waals surface area (Å²) in [7, 11) is 0. The fourth-order valence-electron chi connectivity index (χ4n) is 6.22. The van der Waals surface area contributed by atoms with Crippen molar-refractivity contribution in [2.24, 2.45) is 23.2 Å². The molecule has 0 heterocycles. The van der Waals surface area contributed by atoms with Crippen LogP contribution in [0.25, 0.3) is 0 Å². The number of Topliss-reactive ketones (excluding diaryl/α,β-unsaturated/α-hetero) is 1. The molecule has 0 aliphatic heterocycles. The van der Waals surface area contributed by atoms with Crippen LogP contribution in [0.2, 0.25) is 0 Å². The molecule has 3 aliphatic carbocycles. The minimum atomic E-state index is 0.0799. The Morgan fingerprint density at radius 3 is 2.05 bits per heavy atom. The van der Waals surface area contributed by atoms with Gasteiger partial charge in [-0.25, -0.2) is 0 Å². The van der Waals surface area contributed by atoms with E-state index in [-0.39, 0.29) is 22.7 Å². The maximum Gasteiger partial charge on any atom is 0.141 e. The second kappa shape index (κ2) is 3.71. The Kier molecular flexibility index (Phi) is 2.13. The number of hydrogen-bond acceptors (Lipinski definition) is 1. The summed E-state index contributed by atoms with van der Waals surface area (Å²) in [6.07, 6.45) is 0. The molecule has 2 aromatic carbocycles. The third kappa shape index (κ3) is 1.11. The topological polar surface area (TPSA) is 17.1 Å². The first kappa shape index (κ1) is 12.6. The first-order chi connectivity index (χ1) is 10.6. The van der Waals surface area contributed by atoms with E-state index in [4.69, 9.17) is 0 Å². The Hall–Kier alpha value is -1.89. The van der Waals surface area contributed by atoms with Crippen molar-refractivity contribution < 1.29 is 4.79 Å². The van der Waals surface area contributed by atoms with Gasteiger partial charge in [0.25, 0.3) is 0 Å². The molecule has 5 rings (SSSR count). The summed E-state index contributed by atoms with van der Waals surface area (Å²) >= 11 is 0. The first-order valence-electron chi connectivity index (χ1n) is 8.26. The molecule has 0 saturated heterocycles. The van der Waals surface area contributed by atoms with Crippen molar-refractivity contribution in [2.45, 2.75) is 25.2 Å². The minimum absolute atomic E-state index is 0.0799. The van der Waals surface area contributed by atoms with E-state index >= 15 is 0 Å². The summed E-state index contributed by atoms with van der Waals surface area (Å²) in [5.41, 5.74) is 2.93. The molecule has 0 unspecified atom stereocenters. The van der Waals surface area contributed by atoms with E-state index in [0.717, 1.165) is 0 Å². The van der Waals surface area contributed by atoms with Crippen molar-refractivity contribution in [1.29, 1.82) is 0 Å². The Morgan fingerprint density at radius 2 is 1.41 bits per heavy atom. The van der Waals surface area contributed by atoms with Gasteiger partial charge in [0, 0.05) is 17.3 Å². The van der Waals surface area contributed by atoms with Crippen LogP contribution in [0, 0.1) is 23.2 Å². The van der Waals surface area contributed by atoms with Crippen LogP contribution in [0.4, 0.5) is 0 Å². The molecule has 0 aromatic heterocycles. The van der Waals surface area contributed by atoms with E-state index in [1.54, 1.807) is 0 Å². The lowest BCUT2D eigenvalue weighted by Crippen LogP contribution is -2.45. The highest BCUT2D eigenvalue weighted by molar-refractivity contribution is 6.01. The van der Waals surface area contributed by atoms with Crippen molar-refractivity contribution in [3.05, 3.63) is 71.8 Å². The van der Waals surface area contributed by atoms with Gasteiger partial charge in [0.1, 0.15) is 5.78 Å². The van der Waals surface area contributed by atoms with E-state index in [2.05, 4.69) is 74.5 Å². The van der Waals surface area contributed by atoms with Crippen molar-refractivity contribution in [1.82, 2.24) is 0 Å². The number of rotatable bonds is 2. The van der Waals surface area contributed by atoms with Crippen LogP contribution in [0.3, 0.4) is 0 Å². The Balaban J connectivity index is 1.70. The number of carbonyl (C=O) groups is 1. The van der Waals surface area contributed by atoms with Crippen LogP contribution in [0.5, 0.6) is 0 Å². The van der Waals surface area contributed by atoms with E-state index < -0.39 is 0 Å². The summed E-state index contributed by atoms with van der Waals surface area (Å²) in [6.45, 7) is 4.77. The quantitative estimate of drug-likeness (QED) is 0.809. The lowest BCUT2D eigenvalue weighted by atomic mass is 9.57. The van der Waals surface area contributed by atoms with Crippen LogP contribution in [-0.2, 0) is 10.2 Å². The lowest BCUT2D eigenvalue weighted by molar-refractivity contribution is -0.134. The summed E-state index contributed by atoms with van der Waals surface area (Å²) in [6, 6.07) is 21.4. The molecule has 22 heavy (non-hydrogen) atoms. The summed E-state index contributed by atoms with van der Waals surface area (Å²) < 4.78 is 0. The third-order valence-corrected chi connectivity index (χ3v) is 6.90. The summed E-state index contributed by atoms with van der Waals surface area (Å²) in [5, 5.41) is 0. The van der Waals surface area contributed by atoms with E-state index in [1.807, 2.05) is 0 Å². The molecule has 0 amide bonds. The molecular weight excluding hydrogens is 268 g/mol. The molecule has 3 fully saturated rings.